The van der Waals surface area contributed by atoms with Crippen LogP contribution in [0.4, 0.5) is 0 Å². The Morgan fingerprint density at radius 2 is 2.04 bits per heavy atom. The third-order valence-electron chi connectivity index (χ3n) is 4.61. The summed E-state index contributed by atoms with van der Waals surface area (Å²) in [7, 11) is -3.45. The van der Waals surface area contributed by atoms with Gasteiger partial charge in [-0.05, 0) is 24.8 Å². The number of hydrogen-bond acceptors (Lipinski definition) is 5. The maximum atomic E-state index is 12.2. The molecule has 1 aliphatic heterocycles. The summed E-state index contributed by atoms with van der Waals surface area (Å²) in [6.07, 6.45) is 2.89. The third kappa shape index (κ3) is 6.68. The fourth-order valence-corrected chi connectivity index (χ4v) is 3.81. The number of amides is 1. The molecule has 26 heavy (non-hydrogen) atoms. The maximum Gasteiger partial charge on any atom is 0.224 e. The van der Waals surface area contributed by atoms with Gasteiger partial charge in [0.05, 0.1) is 17.8 Å². The minimum absolute atomic E-state index is 0.0472. The van der Waals surface area contributed by atoms with E-state index in [4.69, 9.17) is 10.5 Å². The van der Waals surface area contributed by atoms with E-state index < -0.39 is 22.0 Å². The molecule has 1 fully saturated rings. The number of hydrogen-bond donors (Lipinski definition) is 3. The van der Waals surface area contributed by atoms with Gasteiger partial charge in [-0.2, -0.15) is 0 Å². The van der Waals surface area contributed by atoms with Crippen LogP contribution in [0, 0.1) is 5.92 Å². The molecule has 1 aliphatic rings. The highest BCUT2D eigenvalue weighted by Gasteiger charge is 2.23. The SMILES string of the molecule is CC(C(=O)NCCS(=O)(=O)NCC1CCCCO1)C(N)c1ccccc1. The zero-order valence-electron chi connectivity index (χ0n) is 15.2. The lowest BCUT2D eigenvalue weighted by Crippen LogP contribution is -2.41. The molecule has 8 heteroatoms. The van der Waals surface area contributed by atoms with Crippen LogP contribution < -0.4 is 15.8 Å². The molecule has 0 bridgehead atoms. The van der Waals surface area contributed by atoms with E-state index in [9.17, 15) is 13.2 Å². The van der Waals surface area contributed by atoms with Crippen LogP contribution in [0.2, 0.25) is 0 Å². The largest absolute Gasteiger partial charge is 0.377 e. The van der Waals surface area contributed by atoms with Crippen molar-refractivity contribution >= 4 is 15.9 Å². The Kier molecular flexibility index (Phi) is 8.02. The van der Waals surface area contributed by atoms with E-state index in [0.717, 1.165) is 24.8 Å². The number of sulfonamides is 1. The maximum absolute atomic E-state index is 12.2. The highest BCUT2D eigenvalue weighted by atomic mass is 32.2. The molecule has 0 aromatic heterocycles. The first-order valence-electron chi connectivity index (χ1n) is 9.06. The van der Waals surface area contributed by atoms with E-state index in [-0.39, 0.29) is 30.9 Å². The molecule has 1 amide bonds. The Labute approximate surface area is 155 Å². The van der Waals surface area contributed by atoms with E-state index in [1.54, 1.807) is 6.92 Å². The van der Waals surface area contributed by atoms with Gasteiger partial charge in [-0.3, -0.25) is 4.79 Å². The lowest BCUT2D eigenvalue weighted by atomic mass is 9.95. The van der Waals surface area contributed by atoms with Crippen molar-refractivity contribution in [2.24, 2.45) is 11.7 Å². The number of nitrogens with one attached hydrogen (secondary N) is 2. The smallest absolute Gasteiger partial charge is 0.224 e. The number of benzene rings is 1. The number of carbonyl (C=O) groups excluding carboxylic acids is 1. The standard InChI is InChI=1S/C18H29N3O4S/c1-14(17(19)15-7-3-2-4-8-15)18(22)20-10-12-26(23,24)21-13-16-9-5-6-11-25-16/h2-4,7-8,14,16-17,21H,5-6,9-13,19H2,1H3,(H,20,22). The van der Waals surface area contributed by atoms with Crippen molar-refractivity contribution in [2.75, 3.05) is 25.4 Å². The summed E-state index contributed by atoms with van der Waals surface area (Å²) < 4.78 is 32.1. The van der Waals surface area contributed by atoms with Gasteiger partial charge in [-0.15, -0.1) is 0 Å². The van der Waals surface area contributed by atoms with E-state index in [1.165, 1.54) is 0 Å². The minimum atomic E-state index is -3.45. The Morgan fingerprint density at radius 3 is 2.69 bits per heavy atom. The average Bonchev–Trinajstić information content (AvgIpc) is 2.66. The Hall–Kier alpha value is -1.48. The highest BCUT2D eigenvalue weighted by molar-refractivity contribution is 7.89. The molecule has 4 N–H and O–H groups in total. The second kappa shape index (κ2) is 10.0. The normalized spacial score (nSPS) is 20.3. The first-order valence-corrected chi connectivity index (χ1v) is 10.7. The molecule has 2 rings (SSSR count). The molecule has 3 unspecified atom stereocenters. The van der Waals surface area contributed by atoms with Crippen molar-refractivity contribution in [1.82, 2.24) is 10.0 Å². The predicted octanol–water partition coefficient (Wildman–Crippen LogP) is 0.927. The van der Waals surface area contributed by atoms with Crippen LogP contribution in [0.15, 0.2) is 30.3 Å². The second-order valence-electron chi connectivity index (χ2n) is 6.67. The molecule has 0 saturated carbocycles. The quantitative estimate of drug-likeness (QED) is 0.587. The average molecular weight is 384 g/mol. The van der Waals surface area contributed by atoms with Crippen molar-refractivity contribution in [2.45, 2.75) is 38.3 Å². The van der Waals surface area contributed by atoms with Gasteiger partial charge < -0.3 is 15.8 Å². The molecule has 3 atom stereocenters. The van der Waals surface area contributed by atoms with Gasteiger partial charge in [0.1, 0.15) is 0 Å². The summed E-state index contributed by atoms with van der Waals surface area (Å²) >= 11 is 0. The summed E-state index contributed by atoms with van der Waals surface area (Å²) in [5, 5.41) is 2.66. The van der Waals surface area contributed by atoms with Gasteiger partial charge in [0, 0.05) is 25.7 Å². The summed E-state index contributed by atoms with van der Waals surface area (Å²) in [5.41, 5.74) is 6.99. The predicted molar refractivity (Wildman–Crippen MR) is 101 cm³/mol. The summed E-state index contributed by atoms with van der Waals surface area (Å²) in [6.45, 7) is 2.75. The monoisotopic (exact) mass is 383 g/mol. The molecule has 7 nitrogen and oxygen atoms in total. The van der Waals surface area contributed by atoms with E-state index >= 15 is 0 Å². The van der Waals surface area contributed by atoms with Crippen LogP contribution in [0.5, 0.6) is 0 Å². The molecule has 146 valence electrons. The third-order valence-corrected chi connectivity index (χ3v) is 5.96. The Balaban J connectivity index is 1.72. The fraction of sp³-hybridized carbons (Fsp3) is 0.611. The van der Waals surface area contributed by atoms with Gasteiger partial charge in [0.15, 0.2) is 0 Å². The fourth-order valence-electron chi connectivity index (χ4n) is 2.86. The van der Waals surface area contributed by atoms with Gasteiger partial charge in [0.2, 0.25) is 15.9 Å². The minimum Gasteiger partial charge on any atom is -0.377 e. The van der Waals surface area contributed by atoms with Crippen LogP contribution >= 0.6 is 0 Å². The second-order valence-corrected chi connectivity index (χ2v) is 8.60. The van der Waals surface area contributed by atoms with Gasteiger partial charge in [0.25, 0.3) is 0 Å². The zero-order valence-corrected chi connectivity index (χ0v) is 16.0. The zero-order chi connectivity index (χ0) is 19.0. The summed E-state index contributed by atoms with van der Waals surface area (Å²) in [4.78, 5) is 12.2. The van der Waals surface area contributed by atoms with Crippen molar-refractivity contribution in [3.05, 3.63) is 35.9 Å². The van der Waals surface area contributed by atoms with Crippen molar-refractivity contribution in [1.29, 1.82) is 0 Å². The number of nitrogens with two attached hydrogens (primary N) is 1. The lowest BCUT2D eigenvalue weighted by Gasteiger charge is -2.23. The molecule has 0 radical (unpaired) electrons. The Morgan fingerprint density at radius 1 is 1.31 bits per heavy atom. The number of carbonyl (C=O) groups is 1. The van der Waals surface area contributed by atoms with Crippen LogP contribution in [0.1, 0.15) is 37.8 Å². The summed E-state index contributed by atoms with van der Waals surface area (Å²) in [6, 6.07) is 8.93. The molecule has 0 spiro atoms. The molecule has 1 aromatic rings. The number of rotatable bonds is 9. The first-order chi connectivity index (χ1) is 12.4. The van der Waals surface area contributed by atoms with E-state index in [0.29, 0.717) is 6.61 Å². The van der Waals surface area contributed by atoms with Gasteiger partial charge in [-0.1, -0.05) is 37.3 Å². The van der Waals surface area contributed by atoms with E-state index in [1.807, 2.05) is 30.3 Å². The molecular formula is C18H29N3O4S. The molecule has 1 aromatic carbocycles. The van der Waals surface area contributed by atoms with Crippen LogP contribution in [0.25, 0.3) is 0 Å². The molecule has 0 aliphatic carbocycles. The Bertz CT molecular complexity index is 660. The molecular weight excluding hydrogens is 354 g/mol. The van der Waals surface area contributed by atoms with Crippen molar-refractivity contribution in [3.8, 4) is 0 Å². The van der Waals surface area contributed by atoms with Crippen LogP contribution in [-0.4, -0.2) is 45.9 Å². The summed E-state index contributed by atoms with van der Waals surface area (Å²) in [5.74, 6) is -0.880. The first kappa shape index (κ1) is 20.8. The molecule has 1 saturated heterocycles. The van der Waals surface area contributed by atoms with Crippen LogP contribution in [0.3, 0.4) is 0 Å². The lowest BCUT2D eigenvalue weighted by molar-refractivity contribution is -0.125. The van der Waals surface area contributed by atoms with Crippen molar-refractivity contribution in [3.63, 3.8) is 0 Å². The highest BCUT2D eigenvalue weighted by Crippen LogP contribution is 2.18. The molecule has 1 heterocycles. The van der Waals surface area contributed by atoms with Crippen LogP contribution in [-0.2, 0) is 19.6 Å². The van der Waals surface area contributed by atoms with Gasteiger partial charge >= 0.3 is 0 Å². The van der Waals surface area contributed by atoms with Gasteiger partial charge in [-0.25, -0.2) is 13.1 Å². The van der Waals surface area contributed by atoms with Crippen molar-refractivity contribution < 1.29 is 17.9 Å². The van der Waals surface area contributed by atoms with E-state index in [2.05, 4.69) is 10.0 Å². The topological polar surface area (TPSA) is 111 Å². The number of ether oxygens (including phenoxy) is 1.